The minimum absolute atomic E-state index is 0.0400. The van der Waals surface area contributed by atoms with Crippen molar-refractivity contribution in [3.8, 4) is 17.2 Å². The van der Waals surface area contributed by atoms with Gasteiger partial charge in [0.25, 0.3) is 5.91 Å². The molecule has 0 saturated carbocycles. The van der Waals surface area contributed by atoms with Crippen LogP contribution in [-0.2, 0) is 0 Å². The van der Waals surface area contributed by atoms with Gasteiger partial charge in [-0.05, 0) is 86.3 Å². The Morgan fingerprint density at radius 1 is 0.941 bits per heavy atom. The maximum atomic E-state index is 13.8. The molecule has 0 radical (unpaired) electrons. The summed E-state index contributed by atoms with van der Waals surface area (Å²) < 4.78 is 12.9. The molecule has 34 heavy (non-hydrogen) atoms. The summed E-state index contributed by atoms with van der Waals surface area (Å²) in [4.78, 5) is 20.8. The van der Waals surface area contributed by atoms with Gasteiger partial charge in [-0.1, -0.05) is 12.1 Å². The fourth-order valence-electron chi connectivity index (χ4n) is 4.87. The molecule has 174 valence electrons. The molecule has 1 saturated heterocycles. The number of rotatable bonds is 5. The van der Waals surface area contributed by atoms with Crippen molar-refractivity contribution in [3.05, 3.63) is 83.7 Å². The summed E-state index contributed by atoms with van der Waals surface area (Å²) in [5, 5.41) is 0. The third-order valence-electron chi connectivity index (χ3n) is 6.64. The van der Waals surface area contributed by atoms with E-state index in [1.807, 2.05) is 72.5 Å². The van der Waals surface area contributed by atoms with E-state index in [-0.39, 0.29) is 11.9 Å². The molecule has 1 fully saturated rings. The second-order valence-corrected chi connectivity index (χ2v) is 8.68. The quantitative estimate of drug-likeness (QED) is 0.386. The van der Waals surface area contributed by atoms with E-state index in [4.69, 9.17) is 14.5 Å². The maximum Gasteiger partial charge on any atom is 0.254 e. The van der Waals surface area contributed by atoms with Crippen molar-refractivity contribution in [2.45, 2.75) is 32.2 Å². The van der Waals surface area contributed by atoms with Crippen molar-refractivity contribution >= 4 is 16.9 Å². The summed E-state index contributed by atoms with van der Waals surface area (Å²) >= 11 is 0. The van der Waals surface area contributed by atoms with Gasteiger partial charge >= 0.3 is 0 Å². The molecular formula is C28H29N3O3. The Morgan fingerprint density at radius 2 is 1.68 bits per heavy atom. The average Bonchev–Trinajstić information content (AvgIpc) is 3.27. The molecule has 0 bridgehead atoms. The number of carbonyl (C=O) groups is 1. The zero-order chi connectivity index (χ0) is 23.7. The molecule has 1 amide bonds. The van der Waals surface area contributed by atoms with Crippen molar-refractivity contribution in [1.82, 2.24) is 14.5 Å². The van der Waals surface area contributed by atoms with E-state index in [0.29, 0.717) is 12.1 Å². The molecule has 0 spiro atoms. The van der Waals surface area contributed by atoms with E-state index in [2.05, 4.69) is 10.6 Å². The highest BCUT2D eigenvalue weighted by Crippen LogP contribution is 2.36. The van der Waals surface area contributed by atoms with Crippen molar-refractivity contribution in [3.63, 3.8) is 0 Å². The third-order valence-corrected chi connectivity index (χ3v) is 6.64. The molecular weight excluding hydrogens is 426 g/mol. The summed E-state index contributed by atoms with van der Waals surface area (Å²) in [7, 11) is 3.31. The Bertz CT molecular complexity index is 1330. The van der Waals surface area contributed by atoms with Crippen LogP contribution in [0.5, 0.6) is 11.5 Å². The first-order valence-corrected chi connectivity index (χ1v) is 11.7. The van der Waals surface area contributed by atoms with Gasteiger partial charge in [0.15, 0.2) is 0 Å². The number of hydrogen-bond acceptors (Lipinski definition) is 4. The number of likely N-dealkylation sites (tertiary alicyclic amines) is 1. The molecule has 5 rings (SSSR count). The first kappa shape index (κ1) is 22.0. The maximum absolute atomic E-state index is 13.8. The Morgan fingerprint density at radius 3 is 2.41 bits per heavy atom. The van der Waals surface area contributed by atoms with Crippen molar-refractivity contribution in [2.75, 3.05) is 20.8 Å². The van der Waals surface area contributed by atoms with E-state index in [1.165, 1.54) is 0 Å². The lowest BCUT2D eigenvalue weighted by Crippen LogP contribution is -2.40. The Hall–Kier alpha value is -3.80. The fraction of sp³-hybridized carbons (Fsp3) is 0.286. The van der Waals surface area contributed by atoms with Crippen molar-refractivity contribution in [1.29, 1.82) is 0 Å². The molecule has 1 aromatic heterocycles. The average molecular weight is 456 g/mol. The summed E-state index contributed by atoms with van der Waals surface area (Å²) in [6.07, 6.45) is 2.92. The molecule has 2 heterocycles. The lowest BCUT2D eigenvalue weighted by molar-refractivity contribution is 0.0598. The predicted molar refractivity (Wildman–Crippen MR) is 133 cm³/mol. The van der Waals surface area contributed by atoms with Gasteiger partial charge in [0, 0.05) is 17.8 Å². The van der Waals surface area contributed by atoms with Crippen LogP contribution in [0.15, 0.2) is 66.7 Å². The van der Waals surface area contributed by atoms with Gasteiger partial charge in [0.2, 0.25) is 0 Å². The molecule has 6 nitrogen and oxygen atoms in total. The van der Waals surface area contributed by atoms with Crippen LogP contribution < -0.4 is 9.47 Å². The molecule has 1 aliphatic heterocycles. The second kappa shape index (κ2) is 9.21. The largest absolute Gasteiger partial charge is 0.497 e. The molecule has 0 N–H and O–H groups in total. The first-order chi connectivity index (χ1) is 16.6. The Labute approximate surface area is 199 Å². The fourth-order valence-corrected chi connectivity index (χ4v) is 4.87. The number of hydrogen-bond donors (Lipinski definition) is 0. The van der Waals surface area contributed by atoms with Gasteiger partial charge in [-0.15, -0.1) is 0 Å². The van der Waals surface area contributed by atoms with Crippen LogP contribution in [0.3, 0.4) is 0 Å². The van der Waals surface area contributed by atoms with Crippen LogP contribution in [0, 0.1) is 6.92 Å². The van der Waals surface area contributed by atoms with Gasteiger partial charge in [-0.2, -0.15) is 0 Å². The number of para-hydroxylation sites is 2. The molecule has 0 aliphatic carbocycles. The number of nitrogens with zero attached hydrogens (tertiary/aromatic N) is 3. The zero-order valence-electron chi connectivity index (χ0n) is 19.8. The minimum Gasteiger partial charge on any atom is -0.497 e. The number of aryl methyl sites for hydroxylation is 1. The first-order valence-electron chi connectivity index (χ1n) is 11.7. The number of ether oxygens (including phenoxy) is 2. The summed E-state index contributed by atoms with van der Waals surface area (Å²) in [6.45, 7) is 2.67. The topological polar surface area (TPSA) is 56.6 Å². The molecule has 6 heteroatoms. The number of carbonyl (C=O) groups excluding carboxylic acids is 1. The monoisotopic (exact) mass is 455 g/mol. The van der Waals surface area contributed by atoms with Gasteiger partial charge in [0.1, 0.15) is 17.3 Å². The van der Waals surface area contributed by atoms with Crippen molar-refractivity contribution in [2.24, 2.45) is 0 Å². The van der Waals surface area contributed by atoms with Gasteiger partial charge in [-0.25, -0.2) is 4.98 Å². The molecule has 1 atom stereocenters. The number of fused-ring (bicyclic) bond motifs is 1. The summed E-state index contributed by atoms with van der Waals surface area (Å²) in [6, 6.07) is 21.7. The number of benzene rings is 3. The van der Waals surface area contributed by atoms with Gasteiger partial charge < -0.3 is 14.4 Å². The third kappa shape index (κ3) is 3.89. The minimum atomic E-state index is -0.114. The Kier molecular flexibility index (Phi) is 5.97. The van der Waals surface area contributed by atoms with E-state index >= 15 is 0 Å². The SMILES string of the molecule is COc1ccc(-n2c(C3CCCCN3C(=O)c3ccc(OC)cc3C)nc3ccccc32)cc1. The zero-order valence-corrected chi connectivity index (χ0v) is 19.8. The highest BCUT2D eigenvalue weighted by molar-refractivity contribution is 5.96. The molecule has 4 aromatic rings. The van der Waals surface area contributed by atoms with Crippen molar-refractivity contribution < 1.29 is 14.3 Å². The lowest BCUT2D eigenvalue weighted by Gasteiger charge is -2.36. The van der Waals surface area contributed by atoms with E-state index < -0.39 is 0 Å². The second-order valence-electron chi connectivity index (χ2n) is 8.68. The molecule has 1 unspecified atom stereocenters. The highest BCUT2D eigenvalue weighted by atomic mass is 16.5. The van der Waals surface area contributed by atoms with Crippen LogP contribution in [-0.4, -0.2) is 41.1 Å². The molecule has 3 aromatic carbocycles. The highest BCUT2D eigenvalue weighted by Gasteiger charge is 2.33. The summed E-state index contributed by atoms with van der Waals surface area (Å²) in [5.74, 6) is 2.49. The standard InChI is InChI=1S/C28H29N3O3/c1-19-18-22(34-3)15-16-23(19)28(32)30-17-7-6-10-26(30)27-29-24-8-4-5-9-25(24)31(27)20-11-13-21(33-2)14-12-20/h4-5,8-9,11-16,18,26H,6-7,10,17H2,1-3H3. The van der Waals surface area contributed by atoms with Crippen LogP contribution in [0.25, 0.3) is 16.7 Å². The van der Waals surface area contributed by atoms with Gasteiger partial charge in [0.05, 0.1) is 31.3 Å². The number of piperidine rings is 1. The number of imidazole rings is 1. The number of amides is 1. The number of methoxy groups -OCH3 is 2. The predicted octanol–water partition coefficient (Wildman–Crippen LogP) is 5.72. The van der Waals surface area contributed by atoms with E-state index in [9.17, 15) is 4.79 Å². The molecule has 1 aliphatic rings. The van der Waals surface area contributed by atoms with Crippen LogP contribution in [0.4, 0.5) is 0 Å². The summed E-state index contributed by atoms with van der Waals surface area (Å²) in [5.41, 5.74) is 4.58. The normalized spacial score (nSPS) is 16.0. The number of aromatic nitrogens is 2. The Balaban J connectivity index is 1.60. The van der Waals surface area contributed by atoms with E-state index in [1.54, 1.807) is 14.2 Å². The smallest absolute Gasteiger partial charge is 0.254 e. The van der Waals surface area contributed by atoms with E-state index in [0.717, 1.165) is 58.9 Å². The lowest BCUT2D eigenvalue weighted by atomic mass is 9.98. The van der Waals surface area contributed by atoms with Crippen LogP contribution >= 0.6 is 0 Å². The van der Waals surface area contributed by atoms with Gasteiger partial charge in [-0.3, -0.25) is 9.36 Å². The van der Waals surface area contributed by atoms with Crippen LogP contribution in [0.1, 0.15) is 47.1 Å². The van der Waals surface area contributed by atoms with Crippen LogP contribution in [0.2, 0.25) is 0 Å².